The van der Waals surface area contributed by atoms with Crippen molar-refractivity contribution in [2.45, 2.75) is 45.6 Å². The van der Waals surface area contributed by atoms with Crippen LogP contribution in [0.3, 0.4) is 0 Å². The van der Waals surface area contributed by atoms with Gasteiger partial charge in [-0.25, -0.2) is 0 Å². The smallest absolute Gasteiger partial charge is 0.119 e. The van der Waals surface area contributed by atoms with E-state index in [-0.39, 0.29) is 11.5 Å². The van der Waals surface area contributed by atoms with E-state index in [1.54, 1.807) is 7.11 Å². The fourth-order valence-corrected chi connectivity index (χ4v) is 1.59. The molecule has 1 aromatic carbocycles. The van der Waals surface area contributed by atoms with Crippen LogP contribution in [-0.4, -0.2) is 19.8 Å². The van der Waals surface area contributed by atoms with Gasteiger partial charge >= 0.3 is 0 Å². The van der Waals surface area contributed by atoms with Gasteiger partial charge in [-0.3, -0.25) is 0 Å². The summed E-state index contributed by atoms with van der Waals surface area (Å²) in [6, 6.07) is 8.32. The summed E-state index contributed by atoms with van der Waals surface area (Å²) in [4.78, 5) is 0. The van der Waals surface area contributed by atoms with Crippen LogP contribution in [0.1, 0.15) is 39.7 Å². The Morgan fingerprint density at radius 1 is 1.12 bits per heavy atom. The van der Waals surface area contributed by atoms with Crippen molar-refractivity contribution < 1.29 is 9.47 Å². The van der Waals surface area contributed by atoms with E-state index in [9.17, 15) is 0 Å². The Labute approximate surface area is 105 Å². The van der Waals surface area contributed by atoms with Crippen LogP contribution < -0.4 is 4.74 Å². The molecule has 0 aliphatic carbocycles. The van der Waals surface area contributed by atoms with E-state index in [1.807, 2.05) is 12.1 Å². The number of ether oxygens (including phenoxy) is 2. The topological polar surface area (TPSA) is 18.5 Å². The first-order valence-corrected chi connectivity index (χ1v) is 6.23. The summed E-state index contributed by atoms with van der Waals surface area (Å²) in [5, 5.41) is 0. The zero-order chi connectivity index (χ0) is 12.9. The molecule has 1 atom stereocenters. The van der Waals surface area contributed by atoms with Crippen LogP contribution in [0.15, 0.2) is 24.3 Å². The molecule has 1 rings (SSSR count). The van der Waals surface area contributed by atoms with Crippen LogP contribution in [0.2, 0.25) is 0 Å². The predicted octanol–water partition coefficient (Wildman–Crippen LogP) is 3.79. The monoisotopic (exact) mass is 236 g/mol. The quantitative estimate of drug-likeness (QED) is 0.774. The minimum absolute atomic E-state index is 0.178. The number of hydrogen-bond donors (Lipinski definition) is 0. The molecule has 0 amide bonds. The normalized spacial score (nSPS) is 13.5. The summed E-state index contributed by atoms with van der Waals surface area (Å²) < 4.78 is 11.0. The van der Waals surface area contributed by atoms with Crippen molar-refractivity contribution in [3.63, 3.8) is 0 Å². The van der Waals surface area contributed by atoms with Gasteiger partial charge in [0.2, 0.25) is 0 Å². The molecule has 0 aliphatic heterocycles. The van der Waals surface area contributed by atoms with E-state index in [1.165, 1.54) is 5.56 Å². The first-order chi connectivity index (χ1) is 7.97. The molecule has 0 radical (unpaired) electrons. The molecular formula is C15H24O2. The zero-order valence-corrected chi connectivity index (χ0v) is 11.6. The van der Waals surface area contributed by atoms with Gasteiger partial charge < -0.3 is 9.47 Å². The van der Waals surface area contributed by atoms with Gasteiger partial charge in [0, 0.05) is 7.11 Å². The van der Waals surface area contributed by atoms with E-state index in [0.29, 0.717) is 6.61 Å². The number of hydrogen-bond acceptors (Lipinski definition) is 2. The lowest BCUT2D eigenvalue weighted by atomic mass is 9.87. The summed E-state index contributed by atoms with van der Waals surface area (Å²) >= 11 is 0. The lowest BCUT2D eigenvalue weighted by Gasteiger charge is -2.19. The molecule has 0 saturated carbocycles. The molecule has 0 aliphatic rings. The van der Waals surface area contributed by atoms with Crippen molar-refractivity contribution in [2.75, 3.05) is 13.7 Å². The van der Waals surface area contributed by atoms with Crippen LogP contribution in [0, 0.1) is 0 Å². The molecule has 17 heavy (non-hydrogen) atoms. The van der Waals surface area contributed by atoms with Crippen LogP contribution in [0.5, 0.6) is 5.75 Å². The Kier molecular flexibility index (Phi) is 5.01. The van der Waals surface area contributed by atoms with Crippen molar-refractivity contribution in [3.05, 3.63) is 29.8 Å². The van der Waals surface area contributed by atoms with Gasteiger partial charge in [0.05, 0.1) is 6.10 Å². The van der Waals surface area contributed by atoms with E-state index >= 15 is 0 Å². The van der Waals surface area contributed by atoms with E-state index < -0.39 is 0 Å². The average Bonchev–Trinajstić information content (AvgIpc) is 2.30. The van der Waals surface area contributed by atoms with Gasteiger partial charge in [-0.2, -0.15) is 0 Å². The number of rotatable bonds is 5. The SMILES string of the molecule is CCC(COc1ccc(C(C)(C)C)cc1)OC. The molecule has 1 aromatic rings. The van der Waals surface area contributed by atoms with E-state index in [2.05, 4.69) is 39.8 Å². The highest BCUT2D eigenvalue weighted by molar-refractivity contribution is 5.31. The minimum atomic E-state index is 0.178. The molecule has 0 heterocycles. The highest BCUT2D eigenvalue weighted by Gasteiger charge is 2.13. The van der Waals surface area contributed by atoms with Crippen LogP contribution in [0.25, 0.3) is 0 Å². The molecule has 0 aromatic heterocycles. The molecule has 0 spiro atoms. The highest BCUT2D eigenvalue weighted by Crippen LogP contribution is 2.24. The fraction of sp³-hybridized carbons (Fsp3) is 0.600. The van der Waals surface area contributed by atoms with Gasteiger partial charge in [-0.05, 0) is 29.5 Å². The second-order valence-electron chi connectivity index (χ2n) is 5.35. The molecule has 2 heteroatoms. The summed E-state index contributed by atoms with van der Waals surface area (Å²) in [6.07, 6.45) is 1.15. The second kappa shape index (κ2) is 6.06. The molecule has 1 unspecified atom stereocenters. The Balaban J connectivity index is 2.57. The van der Waals surface area contributed by atoms with E-state index in [0.717, 1.165) is 12.2 Å². The first kappa shape index (κ1) is 14.0. The maximum atomic E-state index is 5.69. The van der Waals surface area contributed by atoms with Crippen molar-refractivity contribution in [2.24, 2.45) is 0 Å². The zero-order valence-electron chi connectivity index (χ0n) is 11.6. The second-order valence-corrected chi connectivity index (χ2v) is 5.35. The standard InChI is InChI=1S/C15H24O2/c1-6-13(16-5)11-17-14-9-7-12(8-10-14)15(2,3)4/h7-10,13H,6,11H2,1-5H3. The van der Waals surface area contributed by atoms with Crippen molar-refractivity contribution in [3.8, 4) is 5.75 Å². The van der Waals surface area contributed by atoms with Gasteiger partial charge in [0.1, 0.15) is 12.4 Å². The third kappa shape index (κ3) is 4.39. The Hall–Kier alpha value is -1.02. The lowest BCUT2D eigenvalue weighted by Crippen LogP contribution is -2.19. The van der Waals surface area contributed by atoms with Crippen LogP contribution in [0.4, 0.5) is 0 Å². The molecular weight excluding hydrogens is 212 g/mol. The average molecular weight is 236 g/mol. The summed E-state index contributed by atoms with van der Waals surface area (Å²) in [6.45, 7) is 9.34. The van der Waals surface area contributed by atoms with Gasteiger partial charge in [-0.15, -0.1) is 0 Å². The number of methoxy groups -OCH3 is 1. The summed E-state index contributed by atoms with van der Waals surface area (Å²) in [7, 11) is 1.72. The van der Waals surface area contributed by atoms with Gasteiger partial charge in [0.15, 0.2) is 0 Å². The van der Waals surface area contributed by atoms with Gasteiger partial charge in [-0.1, -0.05) is 39.8 Å². The molecule has 0 saturated heterocycles. The highest BCUT2D eigenvalue weighted by atomic mass is 16.5. The fourth-order valence-electron chi connectivity index (χ4n) is 1.59. The molecule has 0 fully saturated rings. The Bertz CT molecular complexity index is 318. The first-order valence-electron chi connectivity index (χ1n) is 6.23. The molecule has 96 valence electrons. The predicted molar refractivity (Wildman–Crippen MR) is 71.7 cm³/mol. The van der Waals surface area contributed by atoms with Gasteiger partial charge in [0.25, 0.3) is 0 Å². The maximum absolute atomic E-state index is 5.69. The van der Waals surface area contributed by atoms with Crippen molar-refractivity contribution >= 4 is 0 Å². The Morgan fingerprint density at radius 2 is 1.71 bits per heavy atom. The summed E-state index contributed by atoms with van der Waals surface area (Å²) in [5.74, 6) is 0.911. The number of benzene rings is 1. The van der Waals surface area contributed by atoms with Crippen molar-refractivity contribution in [1.82, 2.24) is 0 Å². The maximum Gasteiger partial charge on any atom is 0.119 e. The van der Waals surface area contributed by atoms with E-state index in [4.69, 9.17) is 9.47 Å². The molecule has 0 N–H and O–H groups in total. The minimum Gasteiger partial charge on any atom is -0.491 e. The largest absolute Gasteiger partial charge is 0.491 e. The molecule has 0 bridgehead atoms. The van der Waals surface area contributed by atoms with Crippen LogP contribution >= 0.6 is 0 Å². The third-order valence-electron chi connectivity index (χ3n) is 2.94. The summed E-state index contributed by atoms with van der Waals surface area (Å²) in [5.41, 5.74) is 1.51. The van der Waals surface area contributed by atoms with Crippen molar-refractivity contribution in [1.29, 1.82) is 0 Å². The lowest BCUT2D eigenvalue weighted by molar-refractivity contribution is 0.0556. The molecule has 2 nitrogen and oxygen atoms in total. The Morgan fingerprint density at radius 3 is 2.12 bits per heavy atom. The third-order valence-corrected chi connectivity index (χ3v) is 2.94. The van der Waals surface area contributed by atoms with Crippen LogP contribution in [-0.2, 0) is 10.2 Å².